The number of benzene rings is 1. The van der Waals surface area contributed by atoms with E-state index in [1.165, 1.54) is 0 Å². The fourth-order valence-corrected chi connectivity index (χ4v) is 1.95. The van der Waals surface area contributed by atoms with Crippen LogP contribution in [0.2, 0.25) is 0 Å². The zero-order valence-electron chi connectivity index (χ0n) is 9.16. The van der Waals surface area contributed by atoms with E-state index in [1.807, 2.05) is 38.1 Å². The van der Waals surface area contributed by atoms with Crippen molar-refractivity contribution in [1.29, 1.82) is 0 Å². The highest BCUT2D eigenvalue weighted by atomic mass is 16.6. The largest absolute Gasteiger partial charge is 0.361 e. The molecule has 0 radical (unpaired) electrons. The molecular formula is C12H17NO2. The first-order valence-corrected chi connectivity index (χ1v) is 5.30. The van der Waals surface area contributed by atoms with Gasteiger partial charge in [0.25, 0.3) is 0 Å². The van der Waals surface area contributed by atoms with Gasteiger partial charge in [-0.2, -0.15) is 0 Å². The number of rotatable bonds is 1. The van der Waals surface area contributed by atoms with Gasteiger partial charge in [0, 0.05) is 12.1 Å². The van der Waals surface area contributed by atoms with Crippen molar-refractivity contribution in [2.45, 2.75) is 25.7 Å². The number of nitrogens with one attached hydrogen (secondary N) is 1. The minimum absolute atomic E-state index is 0.0898. The maximum absolute atomic E-state index is 10.5. The van der Waals surface area contributed by atoms with Crippen LogP contribution in [0.3, 0.4) is 0 Å². The fraction of sp³-hybridized carbons (Fsp3) is 0.500. The van der Waals surface area contributed by atoms with Gasteiger partial charge < -0.3 is 15.2 Å². The second kappa shape index (κ2) is 3.93. The Bertz CT molecular complexity index is 353. The highest BCUT2D eigenvalue weighted by Crippen LogP contribution is 2.29. The standard InChI is InChI=1S/C12H17NO2/c1-9-4-3-5-11(8-9)12(14)10(2)13-6-7-15-12/h3-5,8,10,13-14H,6-7H2,1-2H3. The van der Waals surface area contributed by atoms with Crippen LogP contribution >= 0.6 is 0 Å². The third-order valence-corrected chi connectivity index (χ3v) is 2.89. The van der Waals surface area contributed by atoms with Crippen LogP contribution in [-0.4, -0.2) is 24.3 Å². The van der Waals surface area contributed by atoms with Gasteiger partial charge in [0.1, 0.15) is 0 Å². The predicted octanol–water partition coefficient (Wildman–Crippen LogP) is 1.15. The van der Waals surface area contributed by atoms with Gasteiger partial charge in [-0.05, 0) is 13.8 Å². The van der Waals surface area contributed by atoms with Crippen LogP contribution < -0.4 is 5.32 Å². The van der Waals surface area contributed by atoms with E-state index in [0.29, 0.717) is 6.61 Å². The van der Waals surface area contributed by atoms with Crippen LogP contribution in [-0.2, 0) is 10.5 Å². The van der Waals surface area contributed by atoms with E-state index in [1.54, 1.807) is 0 Å². The Morgan fingerprint density at radius 3 is 3.00 bits per heavy atom. The van der Waals surface area contributed by atoms with E-state index >= 15 is 0 Å². The summed E-state index contributed by atoms with van der Waals surface area (Å²) in [5, 5.41) is 13.7. The highest BCUT2D eigenvalue weighted by Gasteiger charge is 2.39. The van der Waals surface area contributed by atoms with Gasteiger partial charge in [0.05, 0.1) is 12.6 Å². The molecule has 3 nitrogen and oxygen atoms in total. The van der Waals surface area contributed by atoms with Gasteiger partial charge in [-0.15, -0.1) is 0 Å². The Morgan fingerprint density at radius 1 is 1.53 bits per heavy atom. The summed E-state index contributed by atoms with van der Waals surface area (Å²) < 4.78 is 5.51. The molecule has 15 heavy (non-hydrogen) atoms. The zero-order valence-corrected chi connectivity index (χ0v) is 9.16. The molecule has 2 atom stereocenters. The molecule has 1 aromatic carbocycles. The van der Waals surface area contributed by atoms with Crippen molar-refractivity contribution in [3.05, 3.63) is 35.4 Å². The number of aryl methyl sites for hydroxylation is 1. The molecule has 82 valence electrons. The first kappa shape index (κ1) is 10.6. The lowest BCUT2D eigenvalue weighted by Gasteiger charge is -2.38. The third-order valence-electron chi connectivity index (χ3n) is 2.89. The molecule has 0 aliphatic carbocycles. The van der Waals surface area contributed by atoms with Crippen molar-refractivity contribution in [3.63, 3.8) is 0 Å². The lowest BCUT2D eigenvalue weighted by atomic mass is 9.96. The monoisotopic (exact) mass is 207 g/mol. The second-order valence-electron chi connectivity index (χ2n) is 4.09. The van der Waals surface area contributed by atoms with Crippen molar-refractivity contribution >= 4 is 0 Å². The lowest BCUT2D eigenvalue weighted by Crippen LogP contribution is -2.54. The summed E-state index contributed by atoms with van der Waals surface area (Å²) >= 11 is 0. The summed E-state index contributed by atoms with van der Waals surface area (Å²) in [7, 11) is 0. The van der Waals surface area contributed by atoms with E-state index in [4.69, 9.17) is 4.74 Å². The van der Waals surface area contributed by atoms with Crippen molar-refractivity contribution in [2.75, 3.05) is 13.2 Å². The fourth-order valence-electron chi connectivity index (χ4n) is 1.95. The summed E-state index contributed by atoms with van der Waals surface area (Å²) in [5.41, 5.74) is 1.95. The molecule has 1 fully saturated rings. The summed E-state index contributed by atoms with van der Waals surface area (Å²) in [4.78, 5) is 0. The first-order valence-electron chi connectivity index (χ1n) is 5.30. The summed E-state index contributed by atoms with van der Waals surface area (Å²) in [6.45, 7) is 5.26. The molecule has 2 N–H and O–H groups in total. The summed E-state index contributed by atoms with van der Waals surface area (Å²) in [5.74, 6) is -1.19. The van der Waals surface area contributed by atoms with Crippen LogP contribution in [0.4, 0.5) is 0 Å². The van der Waals surface area contributed by atoms with Crippen molar-refractivity contribution in [2.24, 2.45) is 0 Å². The normalized spacial score (nSPS) is 31.5. The molecule has 0 spiro atoms. The van der Waals surface area contributed by atoms with Crippen LogP contribution in [0, 0.1) is 6.92 Å². The molecular weight excluding hydrogens is 190 g/mol. The average Bonchev–Trinajstić information content (AvgIpc) is 2.23. The molecule has 0 amide bonds. The van der Waals surface area contributed by atoms with Gasteiger partial charge in [-0.3, -0.25) is 0 Å². The quantitative estimate of drug-likeness (QED) is 0.726. The highest BCUT2D eigenvalue weighted by molar-refractivity contribution is 5.27. The number of ether oxygens (including phenoxy) is 1. The number of hydrogen-bond donors (Lipinski definition) is 2. The molecule has 2 rings (SSSR count). The zero-order chi connectivity index (χ0) is 10.9. The summed E-state index contributed by atoms with van der Waals surface area (Å²) in [6.07, 6.45) is 0. The third kappa shape index (κ3) is 1.91. The molecule has 1 saturated heterocycles. The minimum Gasteiger partial charge on any atom is -0.361 e. The molecule has 3 heteroatoms. The molecule has 2 unspecified atom stereocenters. The Morgan fingerprint density at radius 2 is 2.33 bits per heavy atom. The average molecular weight is 207 g/mol. The van der Waals surface area contributed by atoms with E-state index in [0.717, 1.165) is 17.7 Å². The molecule has 1 aliphatic heterocycles. The molecule has 1 aromatic rings. The van der Waals surface area contributed by atoms with Gasteiger partial charge in [0.15, 0.2) is 0 Å². The van der Waals surface area contributed by atoms with E-state index in [9.17, 15) is 5.11 Å². The van der Waals surface area contributed by atoms with Gasteiger partial charge >= 0.3 is 0 Å². The van der Waals surface area contributed by atoms with E-state index < -0.39 is 5.79 Å². The summed E-state index contributed by atoms with van der Waals surface area (Å²) in [6, 6.07) is 7.72. The van der Waals surface area contributed by atoms with Crippen LogP contribution in [0.5, 0.6) is 0 Å². The Labute approximate surface area is 90.1 Å². The minimum atomic E-state index is -1.19. The number of aliphatic hydroxyl groups is 1. The van der Waals surface area contributed by atoms with Gasteiger partial charge in [-0.1, -0.05) is 29.8 Å². The van der Waals surface area contributed by atoms with E-state index in [2.05, 4.69) is 5.32 Å². The maximum Gasteiger partial charge on any atom is 0.208 e. The molecule has 1 aliphatic rings. The smallest absolute Gasteiger partial charge is 0.208 e. The molecule has 0 bridgehead atoms. The van der Waals surface area contributed by atoms with Crippen LogP contribution in [0.1, 0.15) is 18.1 Å². The maximum atomic E-state index is 10.5. The molecule has 0 aromatic heterocycles. The first-order chi connectivity index (χ1) is 7.13. The van der Waals surface area contributed by atoms with Crippen LogP contribution in [0.25, 0.3) is 0 Å². The van der Waals surface area contributed by atoms with Crippen molar-refractivity contribution in [3.8, 4) is 0 Å². The Hall–Kier alpha value is -0.900. The predicted molar refractivity (Wildman–Crippen MR) is 58.5 cm³/mol. The number of hydrogen-bond acceptors (Lipinski definition) is 3. The number of morpholine rings is 1. The Kier molecular flexibility index (Phi) is 2.78. The van der Waals surface area contributed by atoms with Crippen molar-refractivity contribution in [1.82, 2.24) is 5.32 Å². The SMILES string of the molecule is Cc1cccc(C2(O)OCCNC2C)c1. The van der Waals surface area contributed by atoms with Crippen LogP contribution in [0.15, 0.2) is 24.3 Å². The van der Waals surface area contributed by atoms with E-state index in [-0.39, 0.29) is 6.04 Å². The topological polar surface area (TPSA) is 41.5 Å². The molecule has 1 heterocycles. The molecule has 0 saturated carbocycles. The lowest BCUT2D eigenvalue weighted by molar-refractivity contribution is -0.245. The van der Waals surface area contributed by atoms with Gasteiger partial charge in [0.2, 0.25) is 5.79 Å². The Balaban J connectivity index is 2.34. The second-order valence-corrected chi connectivity index (χ2v) is 4.09. The van der Waals surface area contributed by atoms with Gasteiger partial charge in [-0.25, -0.2) is 0 Å². The van der Waals surface area contributed by atoms with Crippen molar-refractivity contribution < 1.29 is 9.84 Å².